The van der Waals surface area contributed by atoms with Crippen molar-refractivity contribution in [2.45, 2.75) is 56.3 Å². The Labute approximate surface area is 289 Å². The molecule has 0 bridgehead atoms. The highest BCUT2D eigenvalue weighted by Crippen LogP contribution is 2.46. The Balaban J connectivity index is 1.22. The van der Waals surface area contributed by atoms with Gasteiger partial charge in [0.1, 0.15) is 11.7 Å². The third kappa shape index (κ3) is 6.42. The van der Waals surface area contributed by atoms with Gasteiger partial charge in [0.25, 0.3) is 5.91 Å². The van der Waals surface area contributed by atoms with Crippen molar-refractivity contribution in [1.82, 2.24) is 29.7 Å². The van der Waals surface area contributed by atoms with Gasteiger partial charge in [0.2, 0.25) is 0 Å². The lowest BCUT2D eigenvalue weighted by Crippen LogP contribution is -2.45. The molecule has 0 radical (unpaired) electrons. The van der Waals surface area contributed by atoms with E-state index >= 15 is 0 Å². The molecule has 2 saturated heterocycles. The maximum absolute atomic E-state index is 13.7. The van der Waals surface area contributed by atoms with Crippen molar-refractivity contribution in [3.8, 4) is 0 Å². The van der Waals surface area contributed by atoms with Crippen molar-refractivity contribution in [3.63, 3.8) is 0 Å². The smallest absolute Gasteiger partial charge is 0.410 e. The van der Waals surface area contributed by atoms with Gasteiger partial charge in [0, 0.05) is 75.5 Å². The molecule has 0 spiro atoms. The highest BCUT2D eigenvalue weighted by atomic mass is 35.5. The zero-order valence-corrected chi connectivity index (χ0v) is 28.4. The minimum absolute atomic E-state index is 0.169. The summed E-state index contributed by atoms with van der Waals surface area (Å²) >= 11 is 6.70. The van der Waals surface area contributed by atoms with E-state index in [0.29, 0.717) is 69.7 Å². The molecule has 2 aliphatic carbocycles. The number of nitrogens with two attached hydrogens (primary N) is 1. The van der Waals surface area contributed by atoms with E-state index < -0.39 is 17.7 Å². The molecule has 2 aromatic heterocycles. The van der Waals surface area contributed by atoms with Gasteiger partial charge >= 0.3 is 12.1 Å². The first kappa shape index (κ1) is 32.8. The number of imidazole rings is 1. The summed E-state index contributed by atoms with van der Waals surface area (Å²) in [5.41, 5.74) is 12.0. The van der Waals surface area contributed by atoms with Gasteiger partial charge in [-0.3, -0.25) is 9.78 Å². The van der Waals surface area contributed by atoms with Crippen LogP contribution in [0.5, 0.6) is 0 Å². The number of pyridine rings is 1. The Hall–Kier alpha value is -4.68. The first-order chi connectivity index (χ1) is 23.7. The van der Waals surface area contributed by atoms with Crippen LogP contribution in [0, 0.1) is 0 Å². The number of benzene rings is 1. The molecule has 3 N–H and O–H groups in total. The van der Waals surface area contributed by atoms with E-state index in [0.717, 1.165) is 39.2 Å². The lowest BCUT2D eigenvalue weighted by molar-refractivity contribution is -0.134. The molecule has 13 heteroatoms. The molecular weight excluding hydrogens is 646 g/mol. The number of carbonyl (C=O) groups is 3. The standard InChI is InChI=1S/C36H40ClN7O5/c1-42-21-39-20-29(42)32(41-33(45)36(48-2)11-12-36)28-18-23-4-3-13-40-31(23)30(26-6-5-24(37)19-27(26)28)22-7-14-44(15-8-22)35(47)49-25-9-16-43(17-10-25)34(38)46/h3-6,13,18-21,25,32H,7-12,14-17H2,1-2H3,(H2,38,46)(H,41,45). The van der Waals surface area contributed by atoms with E-state index in [9.17, 15) is 14.4 Å². The number of aromatic nitrogens is 3. The number of hydrogen-bond donors (Lipinski definition) is 2. The summed E-state index contributed by atoms with van der Waals surface area (Å²) < 4.78 is 13.4. The first-order valence-electron chi connectivity index (χ1n) is 16.7. The molecule has 3 aromatic rings. The second kappa shape index (κ2) is 13.3. The normalized spacial score (nSPS) is 19.3. The Bertz CT molecular complexity index is 1850. The number of piperidine rings is 2. The number of primary amides is 1. The summed E-state index contributed by atoms with van der Waals surface area (Å²) in [6.07, 6.45) is 10.5. The Kier molecular flexibility index (Phi) is 8.93. The van der Waals surface area contributed by atoms with Crippen molar-refractivity contribution in [2.24, 2.45) is 12.8 Å². The van der Waals surface area contributed by atoms with Crippen LogP contribution < -0.4 is 11.1 Å². The van der Waals surface area contributed by atoms with E-state index in [4.69, 9.17) is 31.8 Å². The molecular formula is C36H40ClN7O5. The van der Waals surface area contributed by atoms with E-state index in [1.54, 1.807) is 35.6 Å². The highest BCUT2D eigenvalue weighted by Gasteiger charge is 2.51. The molecule has 2 aliphatic heterocycles. The molecule has 1 saturated carbocycles. The van der Waals surface area contributed by atoms with Crippen LogP contribution in [0.25, 0.3) is 17.2 Å². The average Bonchev–Trinajstić information content (AvgIpc) is 3.83. The van der Waals surface area contributed by atoms with Gasteiger partial charge in [-0.2, -0.15) is 0 Å². The number of ether oxygens (including phenoxy) is 2. The van der Waals surface area contributed by atoms with Gasteiger partial charge in [0.15, 0.2) is 0 Å². The third-order valence-corrected chi connectivity index (χ3v) is 10.4. The molecule has 1 aromatic carbocycles. The Morgan fingerprint density at radius 3 is 2.47 bits per heavy atom. The van der Waals surface area contributed by atoms with Gasteiger partial charge in [-0.1, -0.05) is 29.3 Å². The van der Waals surface area contributed by atoms with Crippen molar-refractivity contribution in [2.75, 3.05) is 33.3 Å². The SMILES string of the molecule is COC1(C(=O)NC(C2=Cc3cccnc3C(=C3CCN(C(=O)OC4CCN(C(N)=O)CC4)CC3)c3ccc(Cl)cc32)c2cncn2C)CC1. The molecule has 1 atom stereocenters. The van der Waals surface area contributed by atoms with Gasteiger partial charge in [-0.05, 0) is 66.7 Å². The van der Waals surface area contributed by atoms with E-state index in [1.807, 2.05) is 41.9 Å². The number of urea groups is 1. The molecule has 4 aliphatic rings. The lowest BCUT2D eigenvalue weighted by atomic mass is 9.86. The van der Waals surface area contributed by atoms with Crippen LogP contribution in [0.2, 0.25) is 5.02 Å². The topological polar surface area (TPSA) is 145 Å². The van der Waals surface area contributed by atoms with Gasteiger partial charge in [-0.15, -0.1) is 0 Å². The van der Waals surface area contributed by atoms with Crippen LogP contribution in [0.15, 0.2) is 54.6 Å². The fourth-order valence-electron chi connectivity index (χ4n) is 7.16. The second-order valence-corrected chi connectivity index (χ2v) is 13.6. The first-order valence-corrected chi connectivity index (χ1v) is 17.1. The van der Waals surface area contributed by atoms with Crippen LogP contribution >= 0.6 is 11.6 Å². The number of aryl methyl sites for hydroxylation is 1. The lowest BCUT2D eigenvalue weighted by Gasteiger charge is -2.34. The number of fused-ring (bicyclic) bond motifs is 2. The summed E-state index contributed by atoms with van der Waals surface area (Å²) in [5, 5.41) is 3.87. The second-order valence-electron chi connectivity index (χ2n) is 13.1. The summed E-state index contributed by atoms with van der Waals surface area (Å²) in [4.78, 5) is 51.0. The fourth-order valence-corrected chi connectivity index (χ4v) is 7.34. The number of hydrogen-bond acceptors (Lipinski definition) is 7. The summed E-state index contributed by atoms with van der Waals surface area (Å²) in [6.45, 7) is 1.95. The molecule has 1 unspecified atom stereocenters. The fraction of sp³-hybridized carbons (Fsp3) is 0.417. The van der Waals surface area contributed by atoms with Crippen LogP contribution in [0.1, 0.15) is 72.6 Å². The number of amides is 4. The highest BCUT2D eigenvalue weighted by molar-refractivity contribution is 6.31. The number of nitrogens with one attached hydrogen (secondary N) is 1. The zero-order chi connectivity index (χ0) is 34.3. The number of nitrogens with zero attached hydrogens (tertiary/aromatic N) is 5. The molecule has 3 fully saturated rings. The number of likely N-dealkylation sites (tertiary alicyclic amines) is 2. The van der Waals surface area contributed by atoms with Crippen molar-refractivity contribution < 1.29 is 23.9 Å². The largest absolute Gasteiger partial charge is 0.446 e. The molecule has 4 amide bonds. The monoisotopic (exact) mass is 685 g/mol. The van der Waals surface area contributed by atoms with Gasteiger partial charge < -0.3 is 34.9 Å². The van der Waals surface area contributed by atoms with Crippen LogP contribution in [-0.2, 0) is 21.3 Å². The number of halogens is 1. The van der Waals surface area contributed by atoms with Crippen molar-refractivity contribution in [3.05, 3.63) is 87.7 Å². The average molecular weight is 686 g/mol. The Morgan fingerprint density at radius 1 is 1.06 bits per heavy atom. The van der Waals surface area contributed by atoms with E-state index in [1.165, 1.54) is 5.57 Å². The maximum atomic E-state index is 13.7. The third-order valence-electron chi connectivity index (χ3n) is 10.2. The molecule has 7 rings (SSSR count). The number of methoxy groups -OCH3 is 1. The molecule has 12 nitrogen and oxygen atoms in total. The maximum Gasteiger partial charge on any atom is 0.410 e. The minimum atomic E-state index is -0.831. The zero-order valence-electron chi connectivity index (χ0n) is 27.7. The predicted molar refractivity (Wildman–Crippen MR) is 184 cm³/mol. The van der Waals surface area contributed by atoms with Gasteiger partial charge in [0.05, 0.1) is 30.0 Å². The van der Waals surface area contributed by atoms with Gasteiger partial charge in [-0.25, -0.2) is 14.6 Å². The number of rotatable bonds is 6. The quantitative estimate of drug-likeness (QED) is 0.374. The van der Waals surface area contributed by atoms with Crippen LogP contribution in [0.3, 0.4) is 0 Å². The summed E-state index contributed by atoms with van der Waals surface area (Å²) in [5.74, 6) is -0.169. The van der Waals surface area contributed by atoms with Crippen LogP contribution in [0.4, 0.5) is 9.59 Å². The van der Waals surface area contributed by atoms with E-state index in [-0.39, 0.29) is 18.1 Å². The summed E-state index contributed by atoms with van der Waals surface area (Å²) in [6, 6.07) is 8.79. The van der Waals surface area contributed by atoms with Crippen molar-refractivity contribution in [1.29, 1.82) is 0 Å². The minimum Gasteiger partial charge on any atom is -0.446 e. The van der Waals surface area contributed by atoms with Crippen molar-refractivity contribution >= 4 is 46.9 Å². The molecule has 4 heterocycles. The van der Waals surface area contributed by atoms with E-state index in [2.05, 4.69) is 16.4 Å². The Morgan fingerprint density at radius 2 is 1.82 bits per heavy atom. The number of carbonyl (C=O) groups excluding carboxylic acids is 3. The molecule has 49 heavy (non-hydrogen) atoms. The summed E-state index contributed by atoms with van der Waals surface area (Å²) in [7, 11) is 3.48. The predicted octanol–water partition coefficient (Wildman–Crippen LogP) is 4.94. The molecule has 256 valence electrons. The van der Waals surface area contributed by atoms with Crippen LogP contribution in [-0.4, -0.2) is 87.4 Å².